The van der Waals surface area contributed by atoms with Gasteiger partial charge < -0.3 is 5.32 Å². The van der Waals surface area contributed by atoms with Gasteiger partial charge >= 0.3 is 0 Å². The highest BCUT2D eigenvalue weighted by Gasteiger charge is 2.38. The lowest BCUT2D eigenvalue weighted by molar-refractivity contribution is 0.0936. The van der Waals surface area contributed by atoms with Crippen molar-refractivity contribution in [3.8, 4) is 0 Å². The van der Waals surface area contributed by atoms with Gasteiger partial charge in [0.2, 0.25) is 0 Å². The van der Waals surface area contributed by atoms with E-state index in [-0.39, 0.29) is 17.1 Å². The van der Waals surface area contributed by atoms with E-state index in [2.05, 4.69) is 10.3 Å². The molecule has 1 saturated carbocycles. The Labute approximate surface area is 132 Å². The molecule has 0 unspecified atom stereocenters. The predicted octanol–water partition coefficient (Wildman–Crippen LogP) is 3.57. The van der Waals surface area contributed by atoms with E-state index in [9.17, 15) is 4.79 Å². The fraction of sp³-hybridized carbons (Fsp3) is 0.571. The van der Waals surface area contributed by atoms with Gasteiger partial charge in [0.1, 0.15) is 10.3 Å². The van der Waals surface area contributed by atoms with Crippen molar-refractivity contribution >= 4 is 40.9 Å². The minimum Gasteiger partial charge on any atom is -0.349 e. The molecule has 2 fully saturated rings. The molecule has 6 heteroatoms. The van der Waals surface area contributed by atoms with Crippen LogP contribution in [0.15, 0.2) is 6.07 Å². The molecule has 1 aromatic rings. The number of carbonyl (C=O) groups is 1. The smallest absolute Gasteiger partial charge is 0.251 e. The molecule has 0 spiro atoms. The Bertz CT molecular complexity index is 540. The van der Waals surface area contributed by atoms with E-state index in [1.54, 1.807) is 13.0 Å². The van der Waals surface area contributed by atoms with E-state index >= 15 is 0 Å². The second kappa shape index (κ2) is 5.74. The lowest BCUT2D eigenvalue weighted by atomic mass is 10.0. The number of hydrogen-bond acceptors (Lipinski definition) is 3. The van der Waals surface area contributed by atoms with Crippen molar-refractivity contribution in [3.05, 3.63) is 27.5 Å². The SMILES string of the molecule is Cc1c(C(=O)NC2C[C@@H]3CSC[C@H]3C2)cc(Cl)nc1Cl. The summed E-state index contributed by atoms with van der Waals surface area (Å²) in [6.07, 6.45) is 2.18. The van der Waals surface area contributed by atoms with Gasteiger partial charge in [-0.2, -0.15) is 11.8 Å². The first-order valence-electron chi connectivity index (χ1n) is 6.76. The Morgan fingerprint density at radius 2 is 2.00 bits per heavy atom. The van der Waals surface area contributed by atoms with E-state index in [1.165, 1.54) is 11.5 Å². The zero-order chi connectivity index (χ0) is 14.3. The Morgan fingerprint density at radius 3 is 2.65 bits per heavy atom. The minimum atomic E-state index is -0.0914. The van der Waals surface area contributed by atoms with Crippen LogP contribution in [0.1, 0.15) is 28.8 Å². The first-order chi connectivity index (χ1) is 9.54. The van der Waals surface area contributed by atoms with E-state index in [1.807, 2.05) is 11.8 Å². The van der Waals surface area contributed by atoms with Crippen LogP contribution >= 0.6 is 35.0 Å². The zero-order valence-corrected chi connectivity index (χ0v) is 13.5. The van der Waals surface area contributed by atoms with Gasteiger partial charge in [0.15, 0.2) is 0 Å². The van der Waals surface area contributed by atoms with Crippen molar-refractivity contribution < 1.29 is 4.79 Å². The first-order valence-corrected chi connectivity index (χ1v) is 8.67. The Kier molecular flexibility index (Phi) is 4.16. The number of fused-ring (bicyclic) bond motifs is 1. The Morgan fingerprint density at radius 1 is 1.35 bits per heavy atom. The molecule has 1 aliphatic heterocycles. The summed E-state index contributed by atoms with van der Waals surface area (Å²) in [5.41, 5.74) is 1.21. The maximum atomic E-state index is 12.4. The number of pyridine rings is 1. The molecule has 2 aliphatic rings. The van der Waals surface area contributed by atoms with Crippen LogP contribution in [0.2, 0.25) is 10.3 Å². The predicted molar refractivity (Wildman–Crippen MR) is 83.8 cm³/mol. The highest BCUT2D eigenvalue weighted by atomic mass is 35.5. The molecule has 20 heavy (non-hydrogen) atoms. The summed E-state index contributed by atoms with van der Waals surface area (Å²) in [5, 5.41) is 3.67. The highest BCUT2D eigenvalue weighted by molar-refractivity contribution is 7.99. The zero-order valence-electron chi connectivity index (χ0n) is 11.2. The first kappa shape index (κ1) is 14.5. The van der Waals surface area contributed by atoms with Gasteiger partial charge in [-0.3, -0.25) is 4.79 Å². The molecule has 0 radical (unpaired) electrons. The van der Waals surface area contributed by atoms with Crippen LogP contribution in [0.3, 0.4) is 0 Å². The maximum Gasteiger partial charge on any atom is 0.251 e. The Hall–Kier alpha value is -0.450. The number of nitrogens with one attached hydrogen (secondary N) is 1. The van der Waals surface area contributed by atoms with Crippen molar-refractivity contribution in [1.29, 1.82) is 0 Å². The van der Waals surface area contributed by atoms with E-state index < -0.39 is 0 Å². The van der Waals surface area contributed by atoms with Gasteiger partial charge in [-0.15, -0.1) is 0 Å². The van der Waals surface area contributed by atoms with Gasteiger partial charge in [-0.25, -0.2) is 4.98 Å². The lowest BCUT2D eigenvalue weighted by Crippen LogP contribution is -2.34. The summed E-state index contributed by atoms with van der Waals surface area (Å²) < 4.78 is 0. The van der Waals surface area contributed by atoms with Crippen LogP contribution in [0, 0.1) is 18.8 Å². The summed E-state index contributed by atoms with van der Waals surface area (Å²) in [6.45, 7) is 1.79. The number of rotatable bonds is 2. The molecule has 2 atom stereocenters. The van der Waals surface area contributed by atoms with E-state index in [0.717, 1.165) is 24.7 Å². The molecule has 0 bridgehead atoms. The number of halogens is 2. The summed E-state index contributed by atoms with van der Waals surface area (Å²) in [7, 11) is 0. The van der Waals surface area contributed by atoms with Crippen molar-refractivity contribution in [3.63, 3.8) is 0 Å². The van der Waals surface area contributed by atoms with Crippen molar-refractivity contribution in [2.45, 2.75) is 25.8 Å². The standard InChI is InChI=1S/C14H16Cl2N2OS/c1-7-11(4-12(15)18-13(7)16)14(19)17-10-2-8-5-20-6-9(8)3-10/h4,8-10H,2-3,5-6H2,1H3,(H,17,19)/t8-,9-/m1/s1. The average molecular weight is 331 g/mol. The van der Waals surface area contributed by atoms with Crippen LogP contribution in [0.5, 0.6) is 0 Å². The van der Waals surface area contributed by atoms with E-state index in [4.69, 9.17) is 23.2 Å². The maximum absolute atomic E-state index is 12.4. The second-order valence-corrected chi connectivity index (χ2v) is 7.43. The molecule has 108 valence electrons. The molecule has 0 aromatic carbocycles. The van der Waals surface area contributed by atoms with Crippen molar-refractivity contribution in [1.82, 2.24) is 10.3 Å². The van der Waals surface area contributed by atoms with Gasteiger partial charge in [0, 0.05) is 11.6 Å². The molecule has 1 aliphatic carbocycles. The number of aromatic nitrogens is 1. The fourth-order valence-corrected chi connectivity index (χ4v) is 5.14. The molecule has 3 nitrogen and oxygen atoms in total. The van der Waals surface area contributed by atoms with Gasteiger partial charge in [-0.1, -0.05) is 23.2 Å². The largest absolute Gasteiger partial charge is 0.349 e. The van der Waals surface area contributed by atoms with Gasteiger partial charge in [-0.05, 0) is 54.7 Å². The van der Waals surface area contributed by atoms with Crippen LogP contribution < -0.4 is 5.32 Å². The number of amides is 1. The quantitative estimate of drug-likeness (QED) is 0.843. The molecule has 1 N–H and O–H groups in total. The molecule has 2 heterocycles. The fourth-order valence-electron chi connectivity index (χ4n) is 3.16. The number of carbonyl (C=O) groups excluding carboxylic acids is 1. The van der Waals surface area contributed by atoms with Crippen molar-refractivity contribution in [2.24, 2.45) is 11.8 Å². The normalized spacial score (nSPS) is 25.8. The second-order valence-electron chi connectivity index (χ2n) is 5.61. The van der Waals surface area contributed by atoms with E-state index in [0.29, 0.717) is 16.3 Å². The Balaban J connectivity index is 1.71. The summed E-state index contributed by atoms with van der Waals surface area (Å²) in [4.78, 5) is 16.3. The molecular formula is C14H16Cl2N2OS. The molecule has 3 rings (SSSR count). The molecule has 1 amide bonds. The minimum absolute atomic E-state index is 0.0914. The van der Waals surface area contributed by atoms with Gasteiger partial charge in [0.25, 0.3) is 5.91 Å². The van der Waals surface area contributed by atoms with Crippen LogP contribution in [-0.2, 0) is 0 Å². The van der Waals surface area contributed by atoms with Gasteiger partial charge in [0.05, 0.1) is 0 Å². The van der Waals surface area contributed by atoms with Crippen LogP contribution in [-0.4, -0.2) is 28.4 Å². The summed E-state index contributed by atoms with van der Waals surface area (Å²) in [5.74, 6) is 3.93. The lowest BCUT2D eigenvalue weighted by Gasteiger charge is -2.15. The third-order valence-corrected chi connectivity index (χ3v) is 6.16. The monoisotopic (exact) mass is 330 g/mol. The molecule has 1 aromatic heterocycles. The van der Waals surface area contributed by atoms with Crippen molar-refractivity contribution in [2.75, 3.05) is 11.5 Å². The highest BCUT2D eigenvalue weighted by Crippen LogP contribution is 2.42. The number of thioether (sulfide) groups is 1. The van der Waals surface area contributed by atoms with Crippen LogP contribution in [0.4, 0.5) is 0 Å². The topological polar surface area (TPSA) is 42.0 Å². The third-order valence-electron chi connectivity index (χ3n) is 4.27. The molecule has 1 saturated heterocycles. The number of nitrogens with zero attached hydrogens (tertiary/aromatic N) is 1. The van der Waals surface area contributed by atoms with Crippen LogP contribution in [0.25, 0.3) is 0 Å². The number of hydrogen-bond donors (Lipinski definition) is 1. The third kappa shape index (κ3) is 2.78. The summed E-state index contributed by atoms with van der Waals surface area (Å²) in [6, 6.07) is 1.87. The summed E-state index contributed by atoms with van der Waals surface area (Å²) >= 11 is 13.9. The average Bonchev–Trinajstić information content (AvgIpc) is 2.94. The molecular weight excluding hydrogens is 315 g/mol.